The second-order valence-electron chi connectivity index (χ2n) is 13.5. The highest BCUT2D eigenvalue weighted by atomic mass is 19.1. The summed E-state index contributed by atoms with van der Waals surface area (Å²) in [5, 5.41) is 12.5. The normalized spacial score (nSPS) is 13.9. The number of ether oxygens (including phenoxy) is 1. The van der Waals surface area contributed by atoms with Crippen molar-refractivity contribution in [2.75, 3.05) is 31.6 Å². The Morgan fingerprint density at radius 1 is 0.979 bits per heavy atom. The van der Waals surface area contributed by atoms with Crippen LogP contribution in [-0.2, 0) is 4.79 Å². The first-order chi connectivity index (χ1) is 22.7. The summed E-state index contributed by atoms with van der Waals surface area (Å²) in [5.41, 5.74) is 6.97. The van der Waals surface area contributed by atoms with Gasteiger partial charge >= 0.3 is 0 Å². The van der Waals surface area contributed by atoms with Gasteiger partial charge in [-0.1, -0.05) is 26.8 Å². The number of carbonyl (C=O) groups is 1. The van der Waals surface area contributed by atoms with Crippen LogP contribution in [0.3, 0.4) is 0 Å². The third-order valence-corrected chi connectivity index (χ3v) is 8.45. The number of nitrogens with one attached hydrogen (secondary N) is 3. The molecule has 3 N–H and O–H groups in total. The number of rotatable bonds is 9. The standard InChI is InChI=1S/C37H38FN7O2/c1-37(2,3)20-34(46)41-27-15-25(21-39-22-27)23-6-7-32-31(17-23)35(44-43-32)33-19-30-29(8-9-40-36(30)42-33)24-14-26(38)18-28(16-24)47-13-12-45-10-4-5-11-45/h6-9,14-19,21-22H,4-5,10-13,20H2,1-3H3,(H,40,42)(H,41,46)(H,43,44). The van der Waals surface area contributed by atoms with Crippen molar-refractivity contribution in [3.05, 3.63) is 79.0 Å². The van der Waals surface area contributed by atoms with Crippen LogP contribution in [0.4, 0.5) is 10.1 Å². The van der Waals surface area contributed by atoms with Gasteiger partial charge in [-0.25, -0.2) is 9.37 Å². The fraction of sp³-hybridized carbons (Fsp3) is 0.297. The van der Waals surface area contributed by atoms with E-state index in [2.05, 4.69) is 41.4 Å². The molecule has 0 atom stereocenters. The largest absolute Gasteiger partial charge is 0.492 e. The van der Waals surface area contributed by atoms with E-state index in [-0.39, 0.29) is 17.1 Å². The topological polar surface area (TPSA) is 112 Å². The first kappa shape index (κ1) is 30.6. The van der Waals surface area contributed by atoms with Crippen LogP contribution in [0, 0.1) is 11.2 Å². The fourth-order valence-electron chi connectivity index (χ4n) is 6.26. The van der Waals surface area contributed by atoms with Gasteiger partial charge in [-0.05, 0) is 90.5 Å². The Morgan fingerprint density at radius 2 is 1.83 bits per heavy atom. The first-order valence-corrected chi connectivity index (χ1v) is 16.1. The molecule has 47 heavy (non-hydrogen) atoms. The molecule has 240 valence electrons. The SMILES string of the molecule is CC(C)(C)CC(=O)Nc1cncc(-c2ccc3[nH]nc(-c4cc5c(-c6cc(F)cc(OCCN7CCCC7)c6)ccnc5[nH]4)c3c2)c1. The number of hydrogen-bond donors (Lipinski definition) is 3. The number of carbonyl (C=O) groups excluding carboxylic acids is 1. The number of likely N-dealkylation sites (tertiary alicyclic amines) is 1. The van der Waals surface area contributed by atoms with E-state index in [1.165, 1.54) is 25.0 Å². The average Bonchev–Trinajstić information content (AvgIpc) is 3.79. The molecule has 0 unspecified atom stereocenters. The number of anilines is 1. The zero-order chi connectivity index (χ0) is 32.5. The Bertz CT molecular complexity index is 2070. The number of hydrogen-bond acceptors (Lipinski definition) is 6. The van der Waals surface area contributed by atoms with Crippen molar-refractivity contribution in [2.45, 2.75) is 40.0 Å². The first-order valence-electron chi connectivity index (χ1n) is 16.1. The van der Waals surface area contributed by atoms with Gasteiger partial charge in [0.25, 0.3) is 0 Å². The predicted molar refractivity (Wildman–Crippen MR) is 184 cm³/mol. The van der Waals surface area contributed by atoms with E-state index >= 15 is 0 Å². The maximum Gasteiger partial charge on any atom is 0.224 e. The Kier molecular flexibility index (Phi) is 8.19. The van der Waals surface area contributed by atoms with Crippen molar-refractivity contribution in [1.82, 2.24) is 30.0 Å². The third kappa shape index (κ3) is 6.88. The summed E-state index contributed by atoms with van der Waals surface area (Å²) in [4.78, 5) is 27.3. The number of pyridine rings is 2. The van der Waals surface area contributed by atoms with Crippen LogP contribution in [0.5, 0.6) is 5.75 Å². The Balaban J connectivity index is 1.17. The van der Waals surface area contributed by atoms with Crippen LogP contribution < -0.4 is 10.1 Å². The van der Waals surface area contributed by atoms with E-state index in [0.29, 0.717) is 30.1 Å². The Hall–Kier alpha value is -5.09. The van der Waals surface area contributed by atoms with Crippen LogP contribution in [0.15, 0.2) is 73.2 Å². The molecular weight excluding hydrogens is 593 g/mol. The number of halogens is 1. The van der Waals surface area contributed by atoms with E-state index in [1.54, 1.807) is 18.6 Å². The lowest BCUT2D eigenvalue weighted by molar-refractivity contribution is -0.117. The highest BCUT2D eigenvalue weighted by molar-refractivity contribution is 6.01. The maximum absolute atomic E-state index is 14.8. The van der Waals surface area contributed by atoms with Gasteiger partial charge in [0.2, 0.25) is 5.91 Å². The van der Waals surface area contributed by atoms with Crippen LogP contribution in [0.1, 0.15) is 40.0 Å². The Labute approximate surface area is 272 Å². The smallest absolute Gasteiger partial charge is 0.224 e. The zero-order valence-corrected chi connectivity index (χ0v) is 26.9. The lowest BCUT2D eigenvalue weighted by atomic mass is 9.92. The molecule has 7 rings (SSSR count). The molecule has 6 aromatic rings. The van der Waals surface area contributed by atoms with Gasteiger partial charge in [0, 0.05) is 47.8 Å². The highest BCUT2D eigenvalue weighted by Crippen LogP contribution is 2.36. The van der Waals surface area contributed by atoms with Gasteiger partial charge in [0.1, 0.15) is 29.5 Å². The maximum atomic E-state index is 14.8. The Morgan fingerprint density at radius 3 is 2.66 bits per heavy atom. The predicted octanol–water partition coefficient (Wildman–Crippen LogP) is 7.82. The quantitative estimate of drug-likeness (QED) is 0.150. The highest BCUT2D eigenvalue weighted by Gasteiger charge is 2.18. The summed E-state index contributed by atoms with van der Waals surface area (Å²) < 4.78 is 20.8. The van der Waals surface area contributed by atoms with Gasteiger partial charge in [0.15, 0.2) is 0 Å². The number of aromatic amines is 2. The molecule has 0 spiro atoms. The molecule has 0 radical (unpaired) electrons. The molecule has 0 aliphatic carbocycles. The number of fused-ring (bicyclic) bond motifs is 2. The molecule has 0 bridgehead atoms. The van der Waals surface area contributed by atoms with E-state index in [1.807, 2.05) is 57.2 Å². The van der Waals surface area contributed by atoms with Crippen LogP contribution in [0.2, 0.25) is 0 Å². The van der Waals surface area contributed by atoms with Crippen LogP contribution >= 0.6 is 0 Å². The van der Waals surface area contributed by atoms with Crippen molar-refractivity contribution >= 4 is 33.5 Å². The van der Waals surface area contributed by atoms with Crippen LogP contribution in [-0.4, -0.2) is 62.2 Å². The number of H-pyrrole nitrogens is 2. The molecular formula is C37H38FN7O2. The lowest BCUT2D eigenvalue weighted by Crippen LogP contribution is -2.25. The van der Waals surface area contributed by atoms with Gasteiger partial charge in [0.05, 0.1) is 23.1 Å². The second-order valence-corrected chi connectivity index (χ2v) is 13.5. The van der Waals surface area contributed by atoms with Crippen molar-refractivity contribution in [2.24, 2.45) is 5.41 Å². The van der Waals surface area contributed by atoms with Crippen molar-refractivity contribution in [1.29, 1.82) is 0 Å². The number of benzene rings is 2. The van der Waals surface area contributed by atoms with Gasteiger partial charge in [-0.2, -0.15) is 5.10 Å². The van der Waals surface area contributed by atoms with Crippen molar-refractivity contribution < 1.29 is 13.9 Å². The minimum atomic E-state index is -0.349. The molecule has 1 aliphatic heterocycles. The third-order valence-electron chi connectivity index (χ3n) is 8.45. The van der Waals surface area contributed by atoms with Crippen molar-refractivity contribution in [3.8, 4) is 39.4 Å². The molecule has 1 aliphatic rings. The summed E-state index contributed by atoms with van der Waals surface area (Å²) >= 11 is 0. The van der Waals surface area contributed by atoms with Gasteiger partial charge in [-0.3, -0.25) is 19.8 Å². The van der Waals surface area contributed by atoms with E-state index in [4.69, 9.17) is 4.74 Å². The molecule has 0 saturated carbocycles. The summed E-state index contributed by atoms with van der Waals surface area (Å²) in [6.07, 6.45) is 8.01. The number of aromatic nitrogens is 5. The van der Waals surface area contributed by atoms with Gasteiger partial charge < -0.3 is 15.0 Å². The average molecular weight is 632 g/mol. The minimum Gasteiger partial charge on any atom is -0.492 e. The summed E-state index contributed by atoms with van der Waals surface area (Å²) in [6, 6.07) is 16.7. The number of nitrogens with zero attached hydrogens (tertiary/aromatic N) is 4. The molecule has 9 nitrogen and oxygen atoms in total. The summed E-state index contributed by atoms with van der Waals surface area (Å²) in [6.45, 7) is 9.65. The molecule has 10 heteroatoms. The molecule has 2 aromatic carbocycles. The summed E-state index contributed by atoms with van der Waals surface area (Å²) in [5.74, 6) is 0.117. The van der Waals surface area contributed by atoms with Gasteiger partial charge in [-0.15, -0.1) is 0 Å². The van der Waals surface area contributed by atoms with Crippen molar-refractivity contribution in [3.63, 3.8) is 0 Å². The van der Waals surface area contributed by atoms with Crippen LogP contribution in [0.25, 0.3) is 55.6 Å². The molecule has 1 fully saturated rings. The van der Waals surface area contributed by atoms with E-state index in [0.717, 1.165) is 69.6 Å². The molecule has 4 aromatic heterocycles. The number of amides is 1. The second kappa shape index (κ2) is 12.6. The van der Waals surface area contributed by atoms with E-state index < -0.39 is 0 Å². The lowest BCUT2D eigenvalue weighted by Gasteiger charge is -2.17. The zero-order valence-electron chi connectivity index (χ0n) is 26.9. The summed E-state index contributed by atoms with van der Waals surface area (Å²) in [7, 11) is 0. The monoisotopic (exact) mass is 631 g/mol. The molecule has 1 saturated heterocycles. The van der Waals surface area contributed by atoms with E-state index in [9.17, 15) is 9.18 Å². The molecule has 5 heterocycles. The fourth-order valence-corrected chi connectivity index (χ4v) is 6.26. The minimum absolute atomic E-state index is 0.0460. The molecule has 1 amide bonds.